The topological polar surface area (TPSA) is 27.1 Å². The Balaban J connectivity index is 1.86. The van der Waals surface area contributed by atoms with Gasteiger partial charge < -0.3 is 9.30 Å². The van der Waals surface area contributed by atoms with Crippen molar-refractivity contribution in [3.63, 3.8) is 0 Å². The van der Waals surface area contributed by atoms with Crippen LogP contribution in [0.3, 0.4) is 0 Å². The lowest BCUT2D eigenvalue weighted by molar-refractivity contribution is 0.292. The molecule has 20 heavy (non-hydrogen) atoms. The van der Waals surface area contributed by atoms with Gasteiger partial charge in [0, 0.05) is 7.05 Å². The number of hydrogen-bond acceptors (Lipinski definition) is 2. The number of hydrogen-bond donors (Lipinski definition) is 0. The minimum atomic E-state index is 0.480. The lowest BCUT2D eigenvalue weighted by atomic mass is 10.2. The first-order valence-corrected chi connectivity index (χ1v) is 6.75. The predicted octanol–water partition coefficient (Wildman–Crippen LogP) is 3.77. The molecule has 0 saturated heterocycles. The average molecular weight is 266 g/mol. The molecule has 0 amide bonds. The fraction of sp³-hybridized carbons (Fsp3) is 0.235. The molecule has 0 aliphatic rings. The minimum Gasteiger partial charge on any atom is -0.486 e. The zero-order valence-corrected chi connectivity index (χ0v) is 12.1. The van der Waals surface area contributed by atoms with E-state index in [0.717, 1.165) is 22.6 Å². The Kier molecular flexibility index (Phi) is 3.18. The van der Waals surface area contributed by atoms with Crippen LogP contribution in [0.15, 0.2) is 42.5 Å². The number of aromatic nitrogens is 2. The average Bonchev–Trinajstić information content (AvgIpc) is 2.73. The van der Waals surface area contributed by atoms with Crippen molar-refractivity contribution in [2.45, 2.75) is 20.5 Å². The summed E-state index contributed by atoms with van der Waals surface area (Å²) in [5.41, 5.74) is 4.60. The van der Waals surface area contributed by atoms with E-state index in [-0.39, 0.29) is 0 Å². The van der Waals surface area contributed by atoms with Gasteiger partial charge in [-0.2, -0.15) is 0 Å². The fourth-order valence-electron chi connectivity index (χ4n) is 2.33. The molecule has 3 heteroatoms. The van der Waals surface area contributed by atoms with Crippen LogP contribution in [0.2, 0.25) is 0 Å². The highest BCUT2D eigenvalue weighted by atomic mass is 16.5. The summed E-state index contributed by atoms with van der Waals surface area (Å²) in [6.45, 7) is 4.63. The first kappa shape index (κ1) is 12.7. The van der Waals surface area contributed by atoms with Crippen molar-refractivity contribution in [2.75, 3.05) is 0 Å². The van der Waals surface area contributed by atoms with Crippen LogP contribution in [0, 0.1) is 13.8 Å². The van der Waals surface area contributed by atoms with Crippen LogP contribution in [0.5, 0.6) is 5.75 Å². The largest absolute Gasteiger partial charge is 0.486 e. The van der Waals surface area contributed by atoms with E-state index in [2.05, 4.69) is 47.7 Å². The van der Waals surface area contributed by atoms with Gasteiger partial charge in [-0.05, 0) is 49.2 Å². The van der Waals surface area contributed by atoms with E-state index >= 15 is 0 Å². The Bertz CT molecular complexity index is 759. The van der Waals surface area contributed by atoms with Crippen molar-refractivity contribution in [3.8, 4) is 5.75 Å². The summed E-state index contributed by atoms with van der Waals surface area (Å²) < 4.78 is 7.93. The Morgan fingerprint density at radius 2 is 1.85 bits per heavy atom. The second-order valence-corrected chi connectivity index (χ2v) is 5.18. The number of imidazole rings is 1. The van der Waals surface area contributed by atoms with Crippen molar-refractivity contribution in [2.24, 2.45) is 7.05 Å². The lowest BCUT2D eigenvalue weighted by Crippen LogP contribution is -2.03. The quantitative estimate of drug-likeness (QED) is 0.721. The van der Waals surface area contributed by atoms with Crippen LogP contribution in [-0.4, -0.2) is 9.55 Å². The van der Waals surface area contributed by atoms with E-state index in [0.29, 0.717) is 6.61 Å². The first-order chi connectivity index (χ1) is 9.63. The second-order valence-electron chi connectivity index (χ2n) is 5.18. The van der Waals surface area contributed by atoms with Gasteiger partial charge in [-0.1, -0.05) is 18.2 Å². The molecule has 102 valence electrons. The van der Waals surface area contributed by atoms with Crippen molar-refractivity contribution < 1.29 is 4.74 Å². The summed E-state index contributed by atoms with van der Waals surface area (Å²) in [6, 6.07) is 14.4. The van der Waals surface area contributed by atoms with Gasteiger partial charge in [0.1, 0.15) is 18.2 Å². The summed E-state index contributed by atoms with van der Waals surface area (Å²) >= 11 is 0. The normalized spacial score (nSPS) is 10.9. The van der Waals surface area contributed by atoms with E-state index in [9.17, 15) is 0 Å². The maximum atomic E-state index is 5.83. The number of fused-ring (bicyclic) bond motifs is 1. The molecule has 0 atom stereocenters. The molecule has 0 spiro atoms. The van der Waals surface area contributed by atoms with Gasteiger partial charge >= 0.3 is 0 Å². The van der Waals surface area contributed by atoms with Gasteiger partial charge in [0.25, 0.3) is 0 Å². The maximum Gasteiger partial charge on any atom is 0.147 e. The first-order valence-electron chi connectivity index (χ1n) is 6.75. The SMILES string of the molecule is Cc1cccc(OCc2nc3ccc(C)cc3n2C)c1. The molecule has 0 aliphatic heterocycles. The molecule has 3 aromatic rings. The van der Waals surface area contributed by atoms with E-state index in [4.69, 9.17) is 4.74 Å². The van der Waals surface area contributed by atoms with Crippen LogP contribution in [0.4, 0.5) is 0 Å². The number of nitrogens with zero attached hydrogens (tertiary/aromatic N) is 2. The molecule has 0 N–H and O–H groups in total. The Labute approximate surface area is 118 Å². The van der Waals surface area contributed by atoms with Crippen LogP contribution >= 0.6 is 0 Å². The molecule has 3 rings (SSSR count). The number of rotatable bonds is 3. The van der Waals surface area contributed by atoms with Crippen LogP contribution in [0.25, 0.3) is 11.0 Å². The molecule has 0 radical (unpaired) electrons. The van der Waals surface area contributed by atoms with Gasteiger partial charge in [-0.15, -0.1) is 0 Å². The molecule has 0 fully saturated rings. The highest BCUT2D eigenvalue weighted by Gasteiger charge is 2.08. The van der Waals surface area contributed by atoms with Gasteiger partial charge in [0.15, 0.2) is 0 Å². The predicted molar refractivity (Wildman–Crippen MR) is 81.0 cm³/mol. The van der Waals surface area contributed by atoms with Crippen molar-refractivity contribution >= 4 is 11.0 Å². The van der Waals surface area contributed by atoms with E-state index in [1.165, 1.54) is 11.1 Å². The summed E-state index contributed by atoms with van der Waals surface area (Å²) in [6.07, 6.45) is 0. The molecular weight excluding hydrogens is 248 g/mol. The molecule has 3 nitrogen and oxygen atoms in total. The third-order valence-corrected chi connectivity index (χ3v) is 3.49. The standard InChI is InChI=1S/C17H18N2O/c1-12-5-4-6-14(9-12)20-11-17-18-15-8-7-13(2)10-16(15)19(17)3/h4-10H,11H2,1-3H3. The third kappa shape index (κ3) is 2.39. The smallest absolute Gasteiger partial charge is 0.147 e. The Hall–Kier alpha value is -2.29. The maximum absolute atomic E-state index is 5.83. The van der Waals surface area contributed by atoms with Gasteiger partial charge in [-0.25, -0.2) is 4.98 Å². The fourth-order valence-corrected chi connectivity index (χ4v) is 2.33. The molecule has 0 bridgehead atoms. The van der Waals surface area contributed by atoms with Gasteiger partial charge in [0.05, 0.1) is 11.0 Å². The molecular formula is C17H18N2O. The Morgan fingerprint density at radius 1 is 1.05 bits per heavy atom. The van der Waals surface area contributed by atoms with Crippen LogP contribution < -0.4 is 4.74 Å². The van der Waals surface area contributed by atoms with Gasteiger partial charge in [-0.3, -0.25) is 0 Å². The van der Waals surface area contributed by atoms with E-state index in [1.807, 2.05) is 25.2 Å². The third-order valence-electron chi connectivity index (χ3n) is 3.49. The number of benzene rings is 2. The molecule has 0 unspecified atom stereocenters. The van der Waals surface area contributed by atoms with E-state index in [1.54, 1.807) is 0 Å². The zero-order valence-electron chi connectivity index (χ0n) is 12.1. The lowest BCUT2D eigenvalue weighted by Gasteiger charge is -2.07. The van der Waals surface area contributed by atoms with Crippen LogP contribution in [0.1, 0.15) is 17.0 Å². The Morgan fingerprint density at radius 3 is 2.65 bits per heavy atom. The van der Waals surface area contributed by atoms with Crippen molar-refractivity contribution in [1.29, 1.82) is 0 Å². The van der Waals surface area contributed by atoms with Crippen LogP contribution in [-0.2, 0) is 13.7 Å². The van der Waals surface area contributed by atoms with Crippen molar-refractivity contribution in [3.05, 3.63) is 59.4 Å². The second kappa shape index (κ2) is 5.00. The molecule has 0 aliphatic carbocycles. The number of aryl methyl sites for hydroxylation is 3. The van der Waals surface area contributed by atoms with E-state index < -0.39 is 0 Å². The molecule has 0 saturated carbocycles. The summed E-state index contributed by atoms with van der Waals surface area (Å²) in [5.74, 6) is 1.82. The summed E-state index contributed by atoms with van der Waals surface area (Å²) in [7, 11) is 2.03. The summed E-state index contributed by atoms with van der Waals surface area (Å²) in [5, 5.41) is 0. The molecule has 1 heterocycles. The zero-order chi connectivity index (χ0) is 14.1. The highest BCUT2D eigenvalue weighted by molar-refractivity contribution is 5.76. The molecule has 1 aromatic heterocycles. The minimum absolute atomic E-state index is 0.480. The number of ether oxygens (including phenoxy) is 1. The molecule has 2 aromatic carbocycles. The highest BCUT2D eigenvalue weighted by Crippen LogP contribution is 2.19. The monoisotopic (exact) mass is 266 g/mol. The van der Waals surface area contributed by atoms with Gasteiger partial charge in [0.2, 0.25) is 0 Å². The van der Waals surface area contributed by atoms with Crippen molar-refractivity contribution in [1.82, 2.24) is 9.55 Å². The summed E-state index contributed by atoms with van der Waals surface area (Å²) in [4.78, 5) is 4.63.